The lowest BCUT2D eigenvalue weighted by Gasteiger charge is -2.13. The summed E-state index contributed by atoms with van der Waals surface area (Å²) in [5.74, 6) is -1.72. The molecule has 120 valence electrons. The highest BCUT2D eigenvalue weighted by molar-refractivity contribution is 5.95. The third kappa shape index (κ3) is 5.92. The second kappa shape index (κ2) is 8.78. The molecule has 7 heteroatoms. The second-order valence-electron chi connectivity index (χ2n) is 4.75. The SMILES string of the molecule is CC[C@H](C)NC(=O)NC(=O)COC(=O)[C@@H](O)c1ccccc1. The van der Waals surface area contributed by atoms with Crippen molar-refractivity contribution in [1.29, 1.82) is 0 Å². The van der Waals surface area contributed by atoms with E-state index < -0.39 is 30.6 Å². The topological polar surface area (TPSA) is 105 Å². The number of amides is 3. The van der Waals surface area contributed by atoms with Crippen molar-refractivity contribution in [3.05, 3.63) is 35.9 Å². The van der Waals surface area contributed by atoms with Crippen molar-refractivity contribution in [3.63, 3.8) is 0 Å². The van der Waals surface area contributed by atoms with Crippen molar-refractivity contribution in [3.8, 4) is 0 Å². The van der Waals surface area contributed by atoms with Crippen molar-refractivity contribution >= 4 is 17.9 Å². The molecular weight excluding hydrogens is 288 g/mol. The summed E-state index contributed by atoms with van der Waals surface area (Å²) in [6, 6.07) is 7.46. The Labute approximate surface area is 128 Å². The second-order valence-corrected chi connectivity index (χ2v) is 4.75. The summed E-state index contributed by atoms with van der Waals surface area (Å²) in [5, 5.41) is 14.3. The van der Waals surface area contributed by atoms with E-state index in [1.54, 1.807) is 37.3 Å². The summed E-state index contributed by atoms with van der Waals surface area (Å²) >= 11 is 0. The fourth-order valence-corrected chi connectivity index (χ4v) is 1.51. The molecule has 1 rings (SSSR count). The maximum absolute atomic E-state index is 11.6. The summed E-state index contributed by atoms with van der Waals surface area (Å²) in [6.45, 7) is 3.04. The Morgan fingerprint density at radius 2 is 1.86 bits per heavy atom. The number of rotatable bonds is 6. The summed E-state index contributed by atoms with van der Waals surface area (Å²) < 4.78 is 4.67. The van der Waals surface area contributed by atoms with Crippen LogP contribution in [0.1, 0.15) is 31.9 Å². The first-order chi connectivity index (χ1) is 10.4. The molecule has 1 aromatic carbocycles. The number of imide groups is 1. The highest BCUT2D eigenvalue weighted by Gasteiger charge is 2.20. The van der Waals surface area contributed by atoms with Crippen LogP contribution in [0.25, 0.3) is 0 Å². The number of benzene rings is 1. The summed E-state index contributed by atoms with van der Waals surface area (Å²) in [5.41, 5.74) is 0.363. The van der Waals surface area contributed by atoms with Gasteiger partial charge in [-0.15, -0.1) is 0 Å². The minimum Gasteiger partial charge on any atom is -0.453 e. The highest BCUT2D eigenvalue weighted by atomic mass is 16.5. The van der Waals surface area contributed by atoms with Gasteiger partial charge in [0.1, 0.15) is 0 Å². The Hall–Kier alpha value is -2.41. The fraction of sp³-hybridized carbons (Fsp3) is 0.400. The molecule has 0 aliphatic rings. The number of carbonyl (C=O) groups is 3. The smallest absolute Gasteiger partial charge is 0.340 e. The van der Waals surface area contributed by atoms with Crippen molar-refractivity contribution < 1.29 is 24.2 Å². The maximum atomic E-state index is 11.6. The number of hydrogen-bond acceptors (Lipinski definition) is 5. The van der Waals surface area contributed by atoms with Gasteiger partial charge < -0.3 is 15.2 Å². The van der Waals surface area contributed by atoms with Crippen molar-refractivity contribution in [2.24, 2.45) is 0 Å². The first-order valence-corrected chi connectivity index (χ1v) is 6.94. The number of aliphatic hydroxyl groups excluding tert-OH is 1. The lowest BCUT2D eigenvalue weighted by Crippen LogP contribution is -2.44. The van der Waals surface area contributed by atoms with E-state index in [0.29, 0.717) is 5.56 Å². The van der Waals surface area contributed by atoms with E-state index >= 15 is 0 Å². The van der Waals surface area contributed by atoms with E-state index in [1.807, 2.05) is 12.2 Å². The quantitative estimate of drug-likeness (QED) is 0.677. The molecule has 0 spiro atoms. The van der Waals surface area contributed by atoms with E-state index in [9.17, 15) is 19.5 Å². The molecule has 0 saturated carbocycles. The van der Waals surface area contributed by atoms with Gasteiger partial charge in [-0.3, -0.25) is 10.1 Å². The number of aliphatic hydroxyl groups is 1. The molecule has 1 aromatic rings. The van der Waals surface area contributed by atoms with Crippen LogP contribution < -0.4 is 10.6 Å². The summed E-state index contributed by atoms with van der Waals surface area (Å²) in [7, 11) is 0. The Morgan fingerprint density at radius 3 is 2.45 bits per heavy atom. The predicted octanol–water partition coefficient (Wildman–Crippen LogP) is 0.887. The van der Waals surface area contributed by atoms with Crippen LogP contribution in [-0.4, -0.2) is 35.7 Å². The molecule has 0 aliphatic heterocycles. The van der Waals surface area contributed by atoms with E-state index in [-0.39, 0.29) is 6.04 Å². The third-order valence-corrected chi connectivity index (χ3v) is 2.93. The van der Waals surface area contributed by atoms with Gasteiger partial charge in [0.2, 0.25) is 0 Å². The van der Waals surface area contributed by atoms with Gasteiger partial charge in [0, 0.05) is 6.04 Å². The molecule has 0 fully saturated rings. The molecule has 0 radical (unpaired) electrons. The van der Waals surface area contributed by atoms with Gasteiger partial charge in [0.25, 0.3) is 5.91 Å². The Morgan fingerprint density at radius 1 is 1.23 bits per heavy atom. The largest absolute Gasteiger partial charge is 0.453 e. The van der Waals surface area contributed by atoms with E-state index in [4.69, 9.17) is 0 Å². The summed E-state index contributed by atoms with van der Waals surface area (Å²) in [6.07, 6.45) is -0.747. The van der Waals surface area contributed by atoms with Gasteiger partial charge in [-0.05, 0) is 18.9 Å². The van der Waals surface area contributed by atoms with Crippen LogP contribution in [0, 0.1) is 0 Å². The van der Waals surface area contributed by atoms with E-state index in [2.05, 4.69) is 10.1 Å². The summed E-state index contributed by atoms with van der Waals surface area (Å²) in [4.78, 5) is 34.5. The first-order valence-electron chi connectivity index (χ1n) is 6.94. The molecule has 7 nitrogen and oxygen atoms in total. The number of ether oxygens (including phenoxy) is 1. The minimum absolute atomic E-state index is 0.0738. The molecule has 3 N–H and O–H groups in total. The molecule has 2 atom stereocenters. The zero-order valence-electron chi connectivity index (χ0n) is 12.5. The molecule has 0 bridgehead atoms. The number of urea groups is 1. The van der Waals surface area contributed by atoms with Gasteiger partial charge in [-0.1, -0.05) is 37.3 Å². The third-order valence-electron chi connectivity index (χ3n) is 2.93. The zero-order chi connectivity index (χ0) is 16.5. The average molecular weight is 308 g/mol. The van der Waals surface area contributed by atoms with Crippen LogP contribution in [0.2, 0.25) is 0 Å². The number of carbonyl (C=O) groups excluding carboxylic acids is 3. The molecular formula is C15H20N2O5. The zero-order valence-corrected chi connectivity index (χ0v) is 12.5. The molecule has 0 unspecified atom stereocenters. The van der Waals surface area contributed by atoms with Crippen LogP contribution in [0.15, 0.2) is 30.3 Å². The average Bonchev–Trinajstić information content (AvgIpc) is 2.52. The Balaban J connectivity index is 2.37. The molecule has 0 aromatic heterocycles. The van der Waals surface area contributed by atoms with Crippen LogP contribution in [0.3, 0.4) is 0 Å². The highest BCUT2D eigenvalue weighted by Crippen LogP contribution is 2.13. The minimum atomic E-state index is -1.47. The van der Waals surface area contributed by atoms with Gasteiger partial charge in [-0.25, -0.2) is 9.59 Å². The lowest BCUT2D eigenvalue weighted by molar-refractivity contribution is -0.157. The van der Waals surface area contributed by atoms with E-state index in [0.717, 1.165) is 6.42 Å². The number of hydrogen-bond donors (Lipinski definition) is 3. The standard InChI is InChI=1S/C15H20N2O5/c1-3-10(2)16-15(21)17-12(18)9-22-14(20)13(19)11-7-5-4-6-8-11/h4-8,10,13,19H,3,9H2,1-2H3,(H2,16,17,18,21)/t10-,13-/m0/s1. The van der Waals surface area contributed by atoms with Gasteiger partial charge >= 0.3 is 12.0 Å². The number of esters is 1. The normalized spacial score (nSPS) is 12.9. The van der Waals surface area contributed by atoms with Crippen molar-refractivity contribution in [2.45, 2.75) is 32.4 Å². The lowest BCUT2D eigenvalue weighted by atomic mass is 10.1. The first kappa shape index (κ1) is 17.6. The predicted molar refractivity (Wildman–Crippen MR) is 78.8 cm³/mol. The van der Waals surface area contributed by atoms with Crippen molar-refractivity contribution in [1.82, 2.24) is 10.6 Å². The molecule has 22 heavy (non-hydrogen) atoms. The molecule has 0 heterocycles. The van der Waals surface area contributed by atoms with Crippen LogP contribution in [0.5, 0.6) is 0 Å². The Bertz CT molecular complexity index is 518. The maximum Gasteiger partial charge on any atom is 0.340 e. The van der Waals surface area contributed by atoms with Gasteiger partial charge in [0.15, 0.2) is 12.7 Å². The van der Waals surface area contributed by atoms with Crippen LogP contribution in [0.4, 0.5) is 4.79 Å². The fourth-order valence-electron chi connectivity index (χ4n) is 1.51. The van der Waals surface area contributed by atoms with Gasteiger partial charge in [0.05, 0.1) is 0 Å². The Kier molecular flexibility index (Phi) is 7.04. The molecule has 3 amide bonds. The molecule has 0 saturated heterocycles. The monoisotopic (exact) mass is 308 g/mol. The number of nitrogens with one attached hydrogen (secondary N) is 2. The van der Waals surface area contributed by atoms with Crippen LogP contribution >= 0.6 is 0 Å². The van der Waals surface area contributed by atoms with Crippen LogP contribution in [-0.2, 0) is 14.3 Å². The van der Waals surface area contributed by atoms with E-state index in [1.165, 1.54) is 0 Å². The van der Waals surface area contributed by atoms with Crippen molar-refractivity contribution in [2.75, 3.05) is 6.61 Å². The molecule has 0 aliphatic carbocycles. The van der Waals surface area contributed by atoms with Gasteiger partial charge in [-0.2, -0.15) is 0 Å².